The first kappa shape index (κ1) is 15.6. The number of hydrogen-bond acceptors (Lipinski definition) is 3. The summed E-state index contributed by atoms with van der Waals surface area (Å²) in [5.74, 6) is 0.423. The van der Waals surface area contributed by atoms with Crippen LogP contribution in [0.1, 0.15) is 15.9 Å². The van der Waals surface area contributed by atoms with E-state index in [2.05, 4.69) is 21.2 Å². The Balaban J connectivity index is 1.84. The molecular formula is C17H15BrN2O3. The number of amides is 2. The highest BCUT2D eigenvalue weighted by Crippen LogP contribution is 2.30. The second kappa shape index (κ2) is 6.04. The Morgan fingerprint density at radius 2 is 2.04 bits per heavy atom. The van der Waals surface area contributed by atoms with Gasteiger partial charge < -0.3 is 15.0 Å². The SMILES string of the molecule is COc1ccc(Br)c(C(=O)Nc2ccc3c(c2)CC(=O)N3C)c1. The van der Waals surface area contributed by atoms with Gasteiger partial charge in [0, 0.05) is 22.9 Å². The first-order valence-corrected chi connectivity index (χ1v) is 7.83. The van der Waals surface area contributed by atoms with Crippen molar-refractivity contribution in [1.82, 2.24) is 0 Å². The van der Waals surface area contributed by atoms with Crippen LogP contribution in [0.3, 0.4) is 0 Å². The molecule has 6 heteroatoms. The van der Waals surface area contributed by atoms with Crippen LogP contribution in [0.2, 0.25) is 0 Å². The zero-order valence-electron chi connectivity index (χ0n) is 12.7. The van der Waals surface area contributed by atoms with Crippen LogP contribution in [-0.2, 0) is 11.2 Å². The minimum atomic E-state index is -0.242. The largest absolute Gasteiger partial charge is 0.497 e. The van der Waals surface area contributed by atoms with E-state index in [-0.39, 0.29) is 11.8 Å². The van der Waals surface area contributed by atoms with E-state index in [0.29, 0.717) is 27.9 Å². The van der Waals surface area contributed by atoms with Gasteiger partial charge >= 0.3 is 0 Å². The fraction of sp³-hybridized carbons (Fsp3) is 0.176. The molecule has 5 nitrogen and oxygen atoms in total. The van der Waals surface area contributed by atoms with E-state index in [1.54, 1.807) is 43.3 Å². The van der Waals surface area contributed by atoms with Crippen molar-refractivity contribution >= 4 is 39.1 Å². The van der Waals surface area contributed by atoms with Crippen LogP contribution < -0.4 is 15.0 Å². The maximum Gasteiger partial charge on any atom is 0.256 e. The minimum Gasteiger partial charge on any atom is -0.497 e. The molecular weight excluding hydrogens is 360 g/mol. The maximum atomic E-state index is 12.5. The van der Waals surface area contributed by atoms with Crippen molar-refractivity contribution in [1.29, 1.82) is 0 Å². The van der Waals surface area contributed by atoms with E-state index in [9.17, 15) is 9.59 Å². The Bertz CT molecular complexity index is 804. The van der Waals surface area contributed by atoms with Crippen LogP contribution in [0.4, 0.5) is 11.4 Å². The number of carbonyl (C=O) groups excluding carboxylic acids is 2. The standard InChI is InChI=1S/C17H15BrN2O3/c1-20-15-6-3-11(7-10(15)8-16(20)21)19-17(22)13-9-12(23-2)4-5-14(13)18/h3-7,9H,8H2,1-2H3,(H,19,22). The summed E-state index contributed by atoms with van der Waals surface area (Å²) in [6, 6.07) is 10.7. The molecule has 0 aliphatic carbocycles. The van der Waals surface area contributed by atoms with E-state index in [4.69, 9.17) is 4.74 Å². The Kier molecular flexibility index (Phi) is 4.09. The molecule has 0 saturated carbocycles. The molecule has 0 radical (unpaired) electrons. The minimum absolute atomic E-state index is 0.0546. The number of anilines is 2. The third-order valence-electron chi connectivity index (χ3n) is 3.83. The van der Waals surface area contributed by atoms with Gasteiger partial charge in [-0.05, 0) is 57.9 Å². The van der Waals surface area contributed by atoms with Crippen LogP contribution in [0.25, 0.3) is 0 Å². The summed E-state index contributed by atoms with van der Waals surface area (Å²) in [5, 5.41) is 2.86. The van der Waals surface area contributed by atoms with Crippen molar-refractivity contribution in [2.75, 3.05) is 24.4 Å². The van der Waals surface area contributed by atoms with Crippen molar-refractivity contribution in [2.24, 2.45) is 0 Å². The molecule has 0 spiro atoms. The van der Waals surface area contributed by atoms with Gasteiger partial charge in [-0.2, -0.15) is 0 Å². The zero-order valence-corrected chi connectivity index (χ0v) is 14.3. The summed E-state index contributed by atoms with van der Waals surface area (Å²) in [6.45, 7) is 0. The van der Waals surface area contributed by atoms with Gasteiger partial charge in [-0.25, -0.2) is 0 Å². The Labute approximate surface area is 142 Å². The van der Waals surface area contributed by atoms with E-state index >= 15 is 0 Å². The number of benzene rings is 2. The molecule has 0 unspecified atom stereocenters. The summed E-state index contributed by atoms with van der Waals surface area (Å²) < 4.78 is 5.84. The molecule has 0 saturated heterocycles. The topological polar surface area (TPSA) is 58.6 Å². The normalized spacial score (nSPS) is 13.0. The second-order valence-corrected chi connectivity index (χ2v) is 6.13. The highest BCUT2D eigenvalue weighted by atomic mass is 79.9. The Hall–Kier alpha value is -2.34. The number of hydrogen-bond donors (Lipinski definition) is 1. The average molecular weight is 375 g/mol. The predicted molar refractivity (Wildman–Crippen MR) is 92.2 cm³/mol. The predicted octanol–water partition coefficient (Wildman–Crippen LogP) is 3.23. The van der Waals surface area contributed by atoms with Crippen LogP contribution in [0.5, 0.6) is 5.75 Å². The Morgan fingerprint density at radius 1 is 1.26 bits per heavy atom. The first-order valence-electron chi connectivity index (χ1n) is 7.04. The second-order valence-electron chi connectivity index (χ2n) is 5.27. The summed E-state index contributed by atoms with van der Waals surface area (Å²) in [4.78, 5) is 25.8. The highest BCUT2D eigenvalue weighted by Gasteiger charge is 2.24. The smallest absolute Gasteiger partial charge is 0.256 e. The lowest BCUT2D eigenvalue weighted by Gasteiger charge is -2.12. The van der Waals surface area contributed by atoms with Crippen molar-refractivity contribution in [3.63, 3.8) is 0 Å². The molecule has 1 N–H and O–H groups in total. The summed E-state index contributed by atoms with van der Waals surface area (Å²) in [6.07, 6.45) is 0.360. The molecule has 2 amide bonds. The molecule has 3 rings (SSSR count). The number of fused-ring (bicyclic) bond motifs is 1. The zero-order chi connectivity index (χ0) is 16.6. The van der Waals surface area contributed by atoms with Gasteiger partial charge in [0.2, 0.25) is 5.91 Å². The number of halogens is 1. The summed E-state index contributed by atoms with van der Waals surface area (Å²) in [7, 11) is 3.30. The van der Waals surface area contributed by atoms with Crippen LogP contribution in [0, 0.1) is 0 Å². The number of ether oxygens (including phenoxy) is 1. The van der Waals surface area contributed by atoms with E-state index < -0.39 is 0 Å². The van der Waals surface area contributed by atoms with Gasteiger partial charge in [0.1, 0.15) is 5.75 Å². The molecule has 0 bridgehead atoms. The van der Waals surface area contributed by atoms with Crippen molar-refractivity contribution in [3.05, 3.63) is 52.0 Å². The van der Waals surface area contributed by atoms with Gasteiger partial charge in [-0.3, -0.25) is 9.59 Å². The number of likely N-dealkylation sites (N-methyl/N-ethyl adjacent to an activating group) is 1. The number of carbonyl (C=O) groups is 2. The van der Waals surface area contributed by atoms with Gasteiger partial charge in [0.25, 0.3) is 5.91 Å². The number of nitrogens with zero attached hydrogens (tertiary/aromatic N) is 1. The van der Waals surface area contributed by atoms with Crippen molar-refractivity contribution < 1.29 is 14.3 Å². The third kappa shape index (κ3) is 2.94. The fourth-order valence-electron chi connectivity index (χ4n) is 2.55. The average Bonchev–Trinajstić information content (AvgIpc) is 2.82. The van der Waals surface area contributed by atoms with Crippen LogP contribution in [-0.4, -0.2) is 26.0 Å². The van der Waals surface area contributed by atoms with Gasteiger partial charge in [0.15, 0.2) is 0 Å². The van der Waals surface area contributed by atoms with Gasteiger partial charge in [-0.1, -0.05) is 0 Å². The lowest BCUT2D eigenvalue weighted by Crippen LogP contribution is -2.20. The molecule has 23 heavy (non-hydrogen) atoms. The van der Waals surface area contributed by atoms with Crippen LogP contribution in [0.15, 0.2) is 40.9 Å². The molecule has 118 valence electrons. The van der Waals surface area contributed by atoms with Crippen LogP contribution >= 0.6 is 15.9 Å². The molecule has 0 fully saturated rings. The first-order chi connectivity index (χ1) is 11.0. The number of methoxy groups -OCH3 is 1. The fourth-order valence-corrected chi connectivity index (χ4v) is 2.98. The molecule has 0 atom stereocenters. The van der Waals surface area contributed by atoms with Crippen molar-refractivity contribution in [2.45, 2.75) is 6.42 Å². The molecule has 1 heterocycles. The maximum absolute atomic E-state index is 12.5. The summed E-state index contributed by atoms with van der Waals surface area (Å²) >= 11 is 3.37. The highest BCUT2D eigenvalue weighted by molar-refractivity contribution is 9.10. The van der Waals surface area contributed by atoms with Crippen molar-refractivity contribution in [3.8, 4) is 5.75 Å². The molecule has 0 aromatic heterocycles. The van der Waals surface area contributed by atoms with Gasteiger partial charge in [0.05, 0.1) is 19.1 Å². The molecule has 1 aliphatic rings. The van der Waals surface area contributed by atoms with E-state index in [0.717, 1.165) is 11.3 Å². The summed E-state index contributed by atoms with van der Waals surface area (Å²) in [5.41, 5.74) is 2.94. The van der Waals surface area contributed by atoms with E-state index in [1.165, 1.54) is 0 Å². The number of nitrogens with one attached hydrogen (secondary N) is 1. The number of rotatable bonds is 3. The molecule has 1 aliphatic heterocycles. The lowest BCUT2D eigenvalue weighted by atomic mass is 10.1. The van der Waals surface area contributed by atoms with E-state index in [1.807, 2.05) is 12.1 Å². The lowest BCUT2D eigenvalue weighted by molar-refractivity contribution is -0.117. The monoisotopic (exact) mass is 374 g/mol. The quantitative estimate of drug-likeness (QED) is 0.896. The molecule has 2 aromatic rings. The van der Waals surface area contributed by atoms with Gasteiger partial charge in [-0.15, -0.1) is 0 Å². The Morgan fingerprint density at radius 3 is 2.78 bits per heavy atom. The third-order valence-corrected chi connectivity index (χ3v) is 4.52. The molecule has 2 aromatic carbocycles.